The molecule has 0 fully saturated rings. The van der Waals surface area contributed by atoms with Crippen molar-refractivity contribution in [3.63, 3.8) is 0 Å². The summed E-state index contributed by atoms with van der Waals surface area (Å²) in [5.74, 6) is -1.35. The van der Waals surface area contributed by atoms with Crippen LogP contribution in [0.25, 0.3) is 5.69 Å². The largest absolute Gasteiger partial charge is 0.350 e. The number of para-hydroxylation sites is 1. The van der Waals surface area contributed by atoms with E-state index in [1.807, 2.05) is 0 Å². The predicted molar refractivity (Wildman–Crippen MR) is 53.5 cm³/mol. The van der Waals surface area contributed by atoms with Crippen LogP contribution in [0, 0.1) is 18.6 Å². The van der Waals surface area contributed by atoms with E-state index >= 15 is 0 Å². The molecule has 4 nitrogen and oxygen atoms in total. The Hall–Kier alpha value is -1.98. The molecule has 0 spiro atoms. The molecular formula is C10H9F2N3O. The Morgan fingerprint density at radius 3 is 2.25 bits per heavy atom. The molecule has 0 saturated carbocycles. The molecule has 1 heterocycles. The summed E-state index contributed by atoms with van der Waals surface area (Å²) in [5, 5.41) is 3.80. The Kier molecular flexibility index (Phi) is 2.34. The normalized spacial score (nSPS) is 10.8. The topological polar surface area (TPSA) is 39.8 Å². The van der Waals surface area contributed by atoms with Gasteiger partial charge in [0.25, 0.3) is 0 Å². The van der Waals surface area contributed by atoms with Crippen LogP contribution in [0.1, 0.15) is 5.82 Å². The van der Waals surface area contributed by atoms with Gasteiger partial charge in [0.05, 0.1) is 0 Å². The van der Waals surface area contributed by atoms with Crippen LogP contribution in [0.3, 0.4) is 0 Å². The number of benzene rings is 1. The van der Waals surface area contributed by atoms with Gasteiger partial charge < -0.3 is 0 Å². The van der Waals surface area contributed by atoms with Crippen molar-refractivity contribution in [2.75, 3.05) is 0 Å². The maximum atomic E-state index is 13.5. The number of aromatic nitrogens is 3. The van der Waals surface area contributed by atoms with Crippen LogP contribution in [-0.4, -0.2) is 14.3 Å². The van der Waals surface area contributed by atoms with Crippen molar-refractivity contribution >= 4 is 0 Å². The van der Waals surface area contributed by atoms with Gasteiger partial charge in [-0.3, -0.25) is 0 Å². The fourth-order valence-corrected chi connectivity index (χ4v) is 1.55. The van der Waals surface area contributed by atoms with Gasteiger partial charge in [-0.1, -0.05) is 6.07 Å². The molecule has 16 heavy (non-hydrogen) atoms. The van der Waals surface area contributed by atoms with Gasteiger partial charge in [-0.15, -0.1) is 0 Å². The summed E-state index contributed by atoms with van der Waals surface area (Å²) in [6.45, 7) is 1.51. The molecule has 0 aliphatic carbocycles. The summed E-state index contributed by atoms with van der Waals surface area (Å²) in [5.41, 5.74) is -0.973. The van der Waals surface area contributed by atoms with Gasteiger partial charge in [-0.25, -0.2) is 22.8 Å². The first-order valence-corrected chi connectivity index (χ1v) is 4.59. The monoisotopic (exact) mass is 225 g/mol. The summed E-state index contributed by atoms with van der Waals surface area (Å²) < 4.78 is 28.9. The lowest BCUT2D eigenvalue weighted by molar-refractivity contribution is 0.563. The molecule has 0 atom stereocenters. The highest BCUT2D eigenvalue weighted by molar-refractivity contribution is 5.35. The van der Waals surface area contributed by atoms with E-state index in [0.29, 0.717) is 0 Å². The van der Waals surface area contributed by atoms with Crippen molar-refractivity contribution in [1.82, 2.24) is 14.3 Å². The average Bonchev–Trinajstić information content (AvgIpc) is 2.44. The van der Waals surface area contributed by atoms with E-state index in [-0.39, 0.29) is 5.82 Å². The van der Waals surface area contributed by atoms with Gasteiger partial charge >= 0.3 is 5.69 Å². The third-order valence-corrected chi connectivity index (χ3v) is 2.25. The van der Waals surface area contributed by atoms with Crippen molar-refractivity contribution in [1.29, 1.82) is 0 Å². The molecule has 0 aliphatic rings. The van der Waals surface area contributed by atoms with Gasteiger partial charge in [0.1, 0.15) is 23.1 Å². The minimum Gasteiger partial charge on any atom is -0.246 e. The summed E-state index contributed by atoms with van der Waals surface area (Å²) in [4.78, 5) is 11.6. The van der Waals surface area contributed by atoms with Gasteiger partial charge in [0, 0.05) is 7.05 Å². The Bertz CT molecular complexity index is 580. The number of hydrogen-bond acceptors (Lipinski definition) is 2. The van der Waals surface area contributed by atoms with Gasteiger partial charge in [0.15, 0.2) is 0 Å². The minimum absolute atomic E-state index is 0.233. The van der Waals surface area contributed by atoms with Crippen molar-refractivity contribution in [3.05, 3.63) is 46.1 Å². The standard InChI is InChI=1S/C10H9F2N3O/c1-6-13-14(2)10(16)15(6)9-7(11)4-3-5-8(9)12/h3-5H,1-2H3. The number of halogens is 2. The van der Waals surface area contributed by atoms with Crippen molar-refractivity contribution in [2.24, 2.45) is 7.05 Å². The second-order valence-corrected chi connectivity index (χ2v) is 3.36. The van der Waals surface area contributed by atoms with E-state index in [9.17, 15) is 13.6 Å². The van der Waals surface area contributed by atoms with Crippen LogP contribution in [0.5, 0.6) is 0 Å². The van der Waals surface area contributed by atoms with Crippen LogP contribution in [-0.2, 0) is 7.05 Å². The third-order valence-electron chi connectivity index (χ3n) is 2.25. The summed E-state index contributed by atoms with van der Waals surface area (Å²) in [6, 6.07) is 3.43. The van der Waals surface area contributed by atoms with Crippen LogP contribution in [0.4, 0.5) is 8.78 Å². The summed E-state index contributed by atoms with van der Waals surface area (Å²) in [6.07, 6.45) is 0. The average molecular weight is 225 g/mol. The molecule has 0 aliphatic heterocycles. The first-order chi connectivity index (χ1) is 7.52. The highest BCUT2D eigenvalue weighted by atomic mass is 19.1. The molecule has 0 radical (unpaired) electrons. The Balaban J connectivity index is 2.82. The Morgan fingerprint density at radius 2 is 1.81 bits per heavy atom. The fourth-order valence-electron chi connectivity index (χ4n) is 1.55. The van der Waals surface area contributed by atoms with Crippen molar-refractivity contribution < 1.29 is 8.78 Å². The number of aryl methyl sites for hydroxylation is 2. The van der Waals surface area contributed by atoms with E-state index < -0.39 is 23.0 Å². The third kappa shape index (κ3) is 1.42. The predicted octanol–water partition coefficient (Wildman–Crippen LogP) is 1.16. The molecular weight excluding hydrogens is 216 g/mol. The number of hydrogen-bond donors (Lipinski definition) is 0. The first kappa shape index (κ1) is 10.5. The lowest BCUT2D eigenvalue weighted by Crippen LogP contribution is -2.23. The van der Waals surface area contributed by atoms with E-state index in [1.54, 1.807) is 0 Å². The SMILES string of the molecule is Cc1nn(C)c(=O)n1-c1c(F)cccc1F. The second kappa shape index (κ2) is 3.55. The Labute approximate surface area is 89.7 Å². The van der Waals surface area contributed by atoms with E-state index in [1.165, 1.54) is 20.0 Å². The zero-order chi connectivity index (χ0) is 11.9. The molecule has 0 bridgehead atoms. The van der Waals surface area contributed by atoms with Crippen LogP contribution < -0.4 is 5.69 Å². The van der Waals surface area contributed by atoms with Crippen molar-refractivity contribution in [2.45, 2.75) is 6.92 Å². The van der Waals surface area contributed by atoms with Gasteiger partial charge in [0.2, 0.25) is 0 Å². The number of rotatable bonds is 1. The smallest absolute Gasteiger partial charge is 0.246 e. The fraction of sp³-hybridized carbons (Fsp3) is 0.200. The molecule has 2 aromatic rings. The molecule has 84 valence electrons. The van der Waals surface area contributed by atoms with Crippen LogP contribution in [0.2, 0.25) is 0 Å². The maximum absolute atomic E-state index is 13.5. The minimum atomic E-state index is -0.793. The molecule has 1 aromatic carbocycles. The van der Waals surface area contributed by atoms with E-state index in [4.69, 9.17) is 0 Å². The first-order valence-electron chi connectivity index (χ1n) is 4.59. The molecule has 0 amide bonds. The van der Waals surface area contributed by atoms with Crippen LogP contribution in [0.15, 0.2) is 23.0 Å². The molecule has 0 unspecified atom stereocenters. The van der Waals surface area contributed by atoms with Crippen LogP contribution >= 0.6 is 0 Å². The molecule has 0 N–H and O–H groups in total. The van der Waals surface area contributed by atoms with Gasteiger partial charge in [-0.05, 0) is 19.1 Å². The molecule has 1 aromatic heterocycles. The highest BCUT2D eigenvalue weighted by Crippen LogP contribution is 2.16. The summed E-state index contributed by atoms with van der Waals surface area (Å²) in [7, 11) is 1.42. The molecule has 6 heteroatoms. The zero-order valence-electron chi connectivity index (χ0n) is 8.74. The highest BCUT2D eigenvalue weighted by Gasteiger charge is 2.17. The van der Waals surface area contributed by atoms with E-state index in [2.05, 4.69) is 5.10 Å². The number of nitrogens with zero attached hydrogens (tertiary/aromatic N) is 3. The molecule has 0 saturated heterocycles. The van der Waals surface area contributed by atoms with Crippen molar-refractivity contribution in [3.8, 4) is 5.69 Å². The second-order valence-electron chi connectivity index (χ2n) is 3.36. The maximum Gasteiger partial charge on any atom is 0.350 e. The molecule has 2 rings (SSSR count). The Morgan fingerprint density at radius 1 is 1.25 bits per heavy atom. The summed E-state index contributed by atoms with van der Waals surface area (Å²) >= 11 is 0. The zero-order valence-corrected chi connectivity index (χ0v) is 8.74. The lowest BCUT2D eigenvalue weighted by Gasteiger charge is -2.05. The van der Waals surface area contributed by atoms with Gasteiger partial charge in [-0.2, -0.15) is 5.10 Å². The quantitative estimate of drug-likeness (QED) is 0.730. The van der Waals surface area contributed by atoms with E-state index in [0.717, 1.165) is 21.4 Å². The lowest BCUT2D eigenvalue weighted by atomic mass is 10.3.